The molecule has 1 N–H and O–H groups in total. The maximum atomic E-state index is 13.4. The first kappa shape index (κ1) is 21.0. The summed E-state index contributed by atoms with van der Waals surface area (Å²) in [6.45, 7) is 3.54. The van der Waals surface area contributed by atoms with Gasteiger partial charge in [-0.1, -0.05) is 48.0 Å². The molecule has 31 heavy (non-hydrogen) atoms. The number of hydrogen-bond acceptors (Lipinski definition) is 2. The number of nitrogens with one attached hydrogen (secondary N) is 1. The lowest BCUT2D eigenvalue weighted by Gasteiger charge is -2.38. The number of halogens is 1. The number of likely N-dealkylation sites (N-methyl/N-ethyl adjacent to an activating group) is 1. The SMILES string of the molecule is CCN(CC(=O)N1CCn2cccc2C1c1ccccc1Cl)C(=O)Nc1ccccc1. The van der Waals surface area contributed by atoms with Crippen LogP contribution in [0.5, 0.6) is 0 Å². The van der Waals surface area contributed by atoms with Crippen molar-refractivity contribution in [2.75, 3.05) is 25.0 Å². The summed E-state index contributed by atoms with van der Waals surface area (Å²) in [4.78, 5) is 29.5. The first-order chi connectivity index (χ1) is 15.1. The molecule has 1 atom stereocenters. The van der Waals surface area contributed by atoms with E-state index in [2.05, 4.69) is 9.88 Å². The van der Waals surface area contributed by atoms with E-state index in [4.69, 9.17) is 11.6 Å². The molecule has 0 saturated heterocycles. The molecular weight excluding hydrogens is 412 g/mol. The number of anilines is 1. The van der Waals surface area contributed by atoms with Gasteiger partial charge in [-0.15, -0.1) is 0 Å². The van der Waals surface area contributed by atoms with E-state index >= 15 is 0 Å². The second-order valence-electron chi connectivity index (χ2n) is 7.45. The van der Waals surface area contributed by atoms with Gasteiger partial charge in [-0.3, -0.25) is 4.79 Å². The second kappa shape index (κ2) is 9.27. The highest BCUT2D eigenvalue weighted by Crippen LogP contribution is 2.36. The molecule has 6 nitrogen and oxygen atoms in total. The predicted octanol–water partition coefficient (Wildman–Crippen LogP) is 4.63. The summed E-state index contributed by atoms with van der Waals surface area (Å²) < 4.78 is 2.15. The normalized spacial score (nSPS) is 15.3. The van der Waals surface area contributed by atoms with E-state index in [1.165, 1.54) is 4.90 Å². The summed E-state index contributed by atoms with van der Waals surface area (Å²) in [6, 6.07) is 20.3. The van der Waals surface area contributed by atoms with Crippen LogP contribution in [0.15, 0.2) is 72.9 Å². The van der Waals surface area contributed by atoms with E-state index in [0.29, 0.717) is 30.3 Å². The van der Waals surface area contributed by atoms with Crippen LogP contribution in [0.2, 0.25) is 5.02 Å². The Labute approximate surface area is 187 Å². The molecule has 2 aromatic carbocycles. The van der Waals surface area contributed by atoms with Gasteiger partial charge in [0.1, 0.15) is 6.54 Å². The summed E-state index contributed by atoms with van der Waals surface area (Å²) >= 11 is 6.51. The Bertz CT molecular complexity index is 1070. The van der Waals surface area contributed by atoms with Gasteiger partial charge in [0.05, 0.1) is 6.04 Å². The number of benzene rings is 2. The quantitative estimate of drug-likeness (QED) is 0.634. The van der Waals surface area contributed by atoms with Gasteiger partial charge < -0.3 is 19.7 Å². The van der Waals surface area contributed by atoms with Crippen LogP contribution < -0.4 is 5.32 Å². The molecule has 1 aliphatic rings. The minimum atomic E-state index is -0.295. The van der Waals surface area contributed by atoms with Crippen LogP contribution in [-0.4, -0.2) is 45.9 Å². The van der Waals surface area contributed by atoms with Crippen molar-refractivity contribution in [3.63, 3.8) is 0 Å². The third-order valence-corrected chi connectivity index (χ3v) is 5.92. The monoisotopic (exact) mass is 436 g/mol. The van der Waals surface area contributed by atoms with Crippen molar-refractivity contribution in [1.29, 1.82) is 0 Å². The molecule has 0 fully saturated rings. The van der Waals surface area contributed by atoms with Crippen LogP contribution in [-0.2, 0) is 11.3 Å². The molecule has 0 saturated carbocycles. The maximum Gasteiger partial charge on any atom is 0.322 e. The van der Waals surface area contributed by atoms with Gasteiger partial charge in [0.25, 0.3) is 0 Å². The molecule has 0 aliphatic carbocycles. The van der Waals surface area contributed by atoms with Crippen molar-refractivity contribution in [2.45, 2.75) is 19.5 Å². The number of aromatic nitrogens is 1. The van der Waals surface area contributed by atoms with Crippen molar-refractivity contribution in [1.82, 2.24) is 14.4 Å². The standard InChI is InChI=1S/C24H25ClN4O2/c1-2-27(24(31)26-18-9-4-3-5-10-18)17-22(30)29-16-15-28-14-8-13-21(28)23(29)19-11-6-7-12-20(19)25/h3-14,23H,2,15-17H2,1H3,(H,26,31). The largest absolute Gasteiger partial charge is 0.348 e. The van der Waals surface area contributed by atoms with Gasteiger partial charge in [0, 0.05) is 42.2 Å². The number of nitrogens with zero attached hydrogens (tertiary/aromatic N) is 3. The Kier molecular flexibility index (Phi) is 6.28. The smallest absolute Gasteiger partial charge is 0.322 e. The number of carbonyl (C=O) groups is 2. The molecule has 160 valence electrons. The highest BCUT2D eigenvalue weighted by Gasteiger charge is 2.34. The second-order valence-corrected chi connectivity index (χ2v) is 7.86. The van der Waals surface area contributed by atoms with Crippen molar-refractivity contribution >= 4 is 29.2 Å². The molecule has 0 radical (unpaired) electrons. The number of para-hydroxylation sites is 1. The van der Waals surface area contributed by atoms with Gasteiger partial charge >= 0.3 is 6.03 Å². The summed E-state index contributed by atoms with van der Waals surface area (Å²) in [5, 5.41) is 3.48. The van der Waals surface area contributed by atoms with Gasteiger partial charge in [0.15, 0.2) is 0 Å². The Hall–Kier alpha value is -3.25. The number of amides is 3. The zero-order valence-corrected chi connectivity index (χ0v) is 18.1. The van der Waals surface area contributed by atoms with Crippen LogP contribution in [0.25, 0.3) is 0 Å². The Morgan fingerprint density at radius 1 is 1.03 bits per heavy atom. The lowest BCUT2D eigenvalue weighted by atomic mass is 9.99. The molecule has 3 aromatic rings. The van der Waals surface area contributed by atoms with Gasteiger partial charge in [-0.2, -0.15) is 0 Å². The van der Waals surface area contributed by atoms with E-state index < -0.39 is 0 Å². The summed E-state index contributed by atoms with van der Waals surface area (Å²) in [5.41, 5.74) is 2.60. The number of carbonyl (C=O) groups excluding carboxylic acids is 2. The van der Waals surface area contributed by atoms with Crippen molar-refractivity contribution < 1.29 is 9.59 Å². The number of fused-ring (bicyclic) bond motifs is 1. The summed E-state index contributed by atoms with van der Waals surface area (Å²) in [7, 11) is 0. The molecule has 0 spiro atoms. The van der Waals surface area contributed by atoms with Crippen LogP contribution in [0.4, 0.5) is 10.5 Å². The minimum Gasteiger partial charge on any atom is -0.348 e. The fourth-order valence-electron chi connectivity index (χ4n) is 3.98. The number of urea groups is 1. The Morgan fingerprint density at radius 2 is 1.77 bits per heavy atom. The average molecular weight is 437 g/mol. The molecular formula is C24H25ClN4O2. The molecule has 7 heteroatoms. The molecule has 2 heterocycles. The Morgan fingerprint density at radius 3 is 2.52 bits per heavy atom. The van der Waals surface area contributed by atoms with E-state index in [1.807, 2.05) is 84.8 Å². The minimum absolute atomic E-state index is 0.00315. The molecule has 0 bridgehead atoms. The highest BCUT2D eigenvalue weighted by atomic mass is 35.5. The van der Waals surface area contributed by atoms with Crippen molar-refractivity contribution in [2.24, 2.45) is 0 Å². The Balaban J connectivity index is 1.56. The lowest BCUT2D eigenvalue weighted by molar-refractivity contribution is -0.134. The van der Waals surface area contributed by atoms with Crippen LogP contribution in [0, 0.1) is 0 Å². The fraction of sp³-hybridized carbons (Fsp3) is 0.250. The van der Waals surface area contributed by atoms with E-state index in [9.17, 15) is 9.59 Å². The molecule has 3 amide bonds. The molecule has 4 rings (SSSR count). The number of hydrogen-bond donors (Lipinski definition) is 1. The van der Waals surface area contributed by atoms with Crippen LogP contribution in [0.1, 0.15) is 24.2 Å². The first-order valence-corrected chi connectivity index (χ1v) is 10.8. The zero-order valence-electron chi connectivity index (χ0n) is 17.4. The molecule has 1 aromatic heterocycles. The topological polar surface area (TPSA) is 57.6 Å². The average Bonchev–Trinajstić information content (AvgIpc) is 3.27. The molecule has 1 unspecified atom stereocenters. The van der Waals surface area contributed by atoms with E-state index in [1.54, 1.807) is 0 Å². The highest BCUT2D eigenvalue weighted by molar-refractivity contribution is 6.31. The van der Waals surface area contributed by atoms with E-state index in [0.717, 1.165) is 11.3 Å². The van der Waals surface area contributed by atoms with Crippen molar-refractivity contribution in [3.8, 4) is 0 Å². The zero-order chi connectivity index (χ0) is 21.8. The first-order valence-electron chi connectivity index (χ1n) is 10.4. The summed E-state index contributed by atoms with van der Waals surface area (Å²) in [5.74, 6) is -0.109. The van der Waals surface area contributed by atoms with Crippen LogP contribution in [0.3, 0.4) is 0 Å². The fourth-order valence-corrected chi connectivity index (χ4v) is 4.22. The third kappa shape index (κ3) is 4.44. The van der Waals surface area contributed by atoms with Crippen molar-refractivity contribution in [3.05, 3.63) is 89.2 Å². The predicted molar refractivity (Wildman–Crippen MR) is 122 cm³/mol. The maximum absolute atomic E-state index is 13.4. The van der Waals surface area contributed by atoms with Crippen LogP contribution >= 0.6 is 11.6 Å². The van der Waals surface area contributed by atoms with Gasteiger partial charge in [-0.25, -0.2) is 4.79 Å². The number of rotatable bonds is 5. The van der Waals surface area contributed by atoms with E-state index in [-0.39, 0.29) is 24.5 Å². The third-order valence-electron chi connectivity index (χ3n) is 5.58. The van der Waals surface area contributed by atoms with Gasteiger partial charge in [0.2, 0.25) is 5.91 Å². The van der Waals surface area contributed by atoms with Gasteiger partial charge in [-0.05, 0) is 42.8 Å². The molecule has 1 aliphatic heterocycles. The lowest BCUT2D eigenvalue weighted by Crippen LogP contribution is -2.48. The summed E-state index contributed by atoms with van der Waals surface area (Å²) in [6.07, 6.45) is 2.02.